The molecule has 0 radical (unpaired) electrons. The van der Waals surface area contributed by atoms with Gasteiger partial charge in [-0.1, -0.05) is 30.9 Å². The summed E-state index contributed by atoms with van der Waals surface area (Å²) in [7, 11) is 1.31. The summed E-state index contributed by atoms with van der Waals surface area (Å²) < 4.78 is 4.66. The number of carbonyl (C=O) groups excluding carboxylic acids is 2. The van der Waals surface area contributed by atoms with E-state index < -0.39 is 5.97 Å². The van der Waals surface area contributed by atoms with Crippen LogP contribution in [0.2, 0.25) is 5.02 Å². The number of methoxy groups -OCH3 is 1. The minimum atomic E-state index is -0.465. The molecule has 2 rings (SSSR count). The van der Waals surface area contributed by atoms with Crippen LogP contribution in [-0.4, -0.2) is 31.6 Å². The zero-order chi connectivity index (χ0) is 15.9. The SMILES string of the molecule is COC(=O)c1ccc(Cl)c(NC(=O)CNC2CCCCC2)c1. The summed E-state index contributed by atoms with van der Waals surface area (Å²) >= 11 is 6.05. The Kier molecular flexibility index (Phi) is 6.21. The van der Waals surface area contributed by atoms with Gasteiger partial charge in [0, 0.05) is 6.04 Å². The van der Waals surface area contributed by atoms with Crippen LogP contribution >= 0.6 is 11.6 Å². The lowest BCUT2D eigenvalue weighted by Gasteiger charge is -2.22. The Hall–Kier alpha value is -1.59. The average Bonchev–Trinajstić information content (AvgIpc) is 2.55. The molecule has 2 N–H and O–H groups in total. The smallest absolute Gasteiger partial charge is 0.337 e. The molecule has 0 bridgehead atoms. The number of amides is 1. The molecule has 1 saturated carbocycles. The van der Waals surface area contributed by atoms with Gasteiger partial charge in [0.15, 0.2) is 0 Å². The third-order valence-electron chi connectivity index (χ3n) is 3.82. The minimum Gasteiger partial charge on any atom is -0.465 e. The summed E-state index contributed by atoms with van der Waals surface area (Å²) in [5, 5.41) is 6.38. The largest absolute Gasteiger partial charge is 0.465 e. The number of ether oxygens (including phenoxy) is 1. The molecule has 0 atom stereocenters. The van der Waals surface area contributed by atoms with Gasteiger partial charge in [-0.3, -0.25) is 4.79 Å². The number of hydrogen-bond acceptors (Lipinski definition) is 4. The second-order valence-corrected chi connectivity index (χ2v) is 5.86. The number of esters is 1. The Morgan fingerprint density at radius 2 is 2.00 bits per heavy atom. The van der Waals surface area contributed by atoms with Gasteiger partial charge in [-0.25, -0.2) is 4.79 Å². The molecule has 5 nitrogen and oxygen atoms in total. The molecule has 0 saturated heterocycles. The van der Waals surface area contributed by atoms with Gasteiger partial charge in [0.05, 0.1) is 29.9 Å². The molecular weight excluding hydrogens is 304 g/mol. The number of hydrogen-bond donors (Lipinski definition) is 2. The molecule has 1 aromatic rings. The van der Waals surface area contributed by atoms with E-state index in [1.807, 2.05) is 0 Å². The van der Waals surface area contributed by atoms with E-state index in [-0.39, 0.29) is 12.5 Å². The number of benzene rings is 1. The molecule has 1 aliphatic carbocycles. The van der Waals surface area contributed by atoms with Crippen molar-refractivity contribution < 1.29 is 14.3 Å². The summed E-state index contributed by atoms with van der Waals surface area (Å²) in [6, 6.07) is 5.06. The topological polar surface area (TPSA) is 67.4 Å². The summed E-state index contributed by atoms with van der Waals surface area (Å²) in [4.78, 5) is 23.5. The maximum absolute atomic E-state index is 12.0. The van der Waals surface area contributed by atoms with Gasteiger partial charge < -0.3 is 15.4 Å². The van der Waals surface area contributed by atoms with Crippen LogP contribution in [0.4, 0.5) is 5.69 Å². The Morgan fingerprint density at radius 1 is 1.27 bits per heavy atom. The van der Waals surface area contributed by atoms with Gasteiger partial charge in [0.2, 0.25) is 5.91 Å². The number of anilines is 1. The monoisotopic (exact) mass is 324 g/mol. The minimum absolute atomic E-state index is 0.172. The lowest BCUT2D eigenvalue weighted by Crippen LogP contribution is -2.37. The fourth-order valence-electron chi connectivity index (χ4n) is 2.60. The molecule has 0 unspecified atom stereocenters. The molecule has 22 heavy (non-hydrogen) atoms. The second kappa shape index (κ2) is 8.15. The maximum atomic E-state index is 12.0. The van der Waals surface area contributed by atoms with Crippen molar-refractivity contribution in [3.05, 3.63) is 28.8 Å². The normalized spacial score (nSPS) is 15.4. The molecule has 1 amide bonds. The van der Waals surface area contributed by atoms with Crippen molar-refractivity contribution in [3.8, 4) is 0 Å². The zero-order valence-corrected chi connectivity index (χ0v) is 13.4. The molecular formula is C16H21ClN2O3. The molecule has 1 aliphatic rings. The fourth-order valence-corrected chi connectivity index (χ4v) is 2.77. The van der Waals surface area contributed by atoms with E-state index in [0.717, 1.165) is 12.8 Å². The van der Waals surface area contributed by atoms with E-state index in [1.54, 1.807) is 12.1 Å². The highest BCUT2D eigenvalue weighted by Gasteiger charge is 2.15. The van der Waals surface area contributed by atoms with E-state index in [4.69, 9.17) is 11.6 Å². The van der Waals surface area contributed by atoms with Crippen LogP contribution in [-0.2, 0) is 9.53 Å². The highest BCUT2D eigenvalue weighted by molar-refractivity contribution is 6.33. The summed E-state index contributed by atoms with van der Waals surface area (Å²) in [5.74, 6) is -0.637. The van der Waals surface area contributed by atoms with Crippen LogP contribution in [0.15, 0.2) is 18.2 Å². The third-order valence-corrected chi connectivity index (χ3v) is 4.15. The van der Waals surface area contributed by atoms with Crippen molar-refractivity contribution in [3.63, 3.8) is 0 Å². The number of nitrogens with one attached hydrogen (secondary N) is 2. The molecule has 0 aliphatic heterocycles. The van der Waals surface area contributed by atoms with Crippen molar-refractivity contribution in [2.45, 2.75) is 38.1 Å². The average molecular weight is 325 g/mol. The van der Waals surface area contributed by atoms with Gasteiger partial charge >= 0.3 is 5.97 Å². The first-order chi connectivity index (χ1) is 10.6. The Labute approximate surface area is 135 Å². The molecule has 1 aromatic carbocycles. The van der Waals surface area contributed by atoms with Crippen LogP contribution in [0.1, 0.15) is 42.5 Å². The molecule has 6 heteroatoms. The van der Waals surface area contributed by atoms with Gasteiger partial charge in [0.25, 0.3) is 0 Å². The molecule has 120 valence electrons. The number of halogens is 1. The van der Waals surface area contributed by atoms with E-state index in [0.29, 0.717) is 22.3 Å². The first-order valence-electron chi connectivity index (χ1n) is 7.51. The zero-order valence-electron chi connectivity index (χ0n) is 12.7. The van der Waals surface area contributed by atoms with Crippen LogP contribution < -0.4 is 10.6 Å². The standard InChI is InChI=1S/C16H21ClN2O3/c1-22-16(21)11-7-8-13(17)14(9-11)19-15(20)10-18-12-5-3-2-4-6-12/h7-9,12,18H,2-6,10H2,1H3,(H,19,20). The molecule has 0 aromatic heterocycles. The van der Waals surface area contributed by atoms with Crippen LogP contribution in [0, 0.1) is 0 Å². The predicted molar refractivity (Wildman–Crippen MR) is 86.3 cm³/mol. The summed E-state index contributed by atoms with van der Waals surface area (Å²) in [6.45, 7) is 0.240. The van der Waals surface area contributed by atoms with Crippen molar-refractivity contribution >= 4 is 29.2 Å². The van der Waals surface area contributed by atoms with Gasteiger partial charge in [-0.15, -0.1) is 0 Å². The predicted octanol–water partition coefficient (Wildman–Crippen LogP) is 2.99. The highest BCUT2D eigenvalue weighted by atomic mass is 35.5. The second-order valence-electron chi connectivity index (χ2n) is 5.45. The lowest BCUT2D eigenvalue weighted by atomic mass is 9.95. The van der Waals surface area contributed by atoms with Crippen LogP contribution in [0.3, 0.4) is 0 Å². The summed E-state index contributed by atoms with van der Waals surface area (Å²) in [6.07, 6.45) is 5.94. The number of carbonyl (C=O) groups is 2. The van der Waals surface area contributed by atoms with E-state index in [9.17, 15) is 9.59 Å². The van der Waals surface area contributed by atoms with Gasteiger partial charge in [-0.05, 0) is 31.0 Å². The first kappa shape index (κ1) is 16.8. The number of rotatable bonds is 5. The van der Waals surface area contributed by atoms with Crippen molar-refractivity contribution in [1.82, 2.24) is 5.32 Å². The summed E-state index contributed by atoms with van der Waals surface area (Å²) in [5.41, 5.74) is 0.766. The molecule has 1 fully saturated rings. The highest BCUT2D eigenvalue weighted by Crippen LogP contribution is 2.23. The van der Waals surface area contributed by atoms with Gasteiger partial charge in [-0.2, -0.15) is 0 Å². The quantitative estimate of drug-likeness (QED) is 0.817. The molecule has 0 spiro atoms. The Morgan fingerprint density at radius 3 is 2.68 bits per heavy atom. The van der Waals surface area contributed by atoms with Crippen molar-refractivity contribution in [2.75, 3.05) is 19.0 Å². The van der Waals surface area contributed by atoms with Crippen molar-refractivity contribution in [2.24, 2.45) is 0 Å². The maximum Gasteiger partial charge on any atom is 0.337 e. The lowest BCUT2D eigenvalue weighted by molar-refractivity contribution is -0.115. The van der Waals surface area contributed by atoms with E-state index in [1.165, 1.54) is 32.4 Å². The Bertz CT molecular complexity index is 542. The van der Waals surface area contributed by atoms with Crippen LogP contribution in [0.5, 0.6) is 0 Å². The van der Waals surface area contributed by atoms with Crippen LogP contribution in [0.25, 0.3) is 0 Å². The van der Waals surface area contributed by atoms with E-state index >= 15 is 0 Å². The van der Waals surface area contributed by atoms with Crippen molar-refractivity contribution in [1.29, 1.82) is 0 Å². The van der Waals surface area contributed by atoms with Gasteiger partial charge in [0.1, 0.15) is 0 Å². The molecule has 0 heterocycles. The first-order valence-corrected chi connectivity index (χ1v) is 7.89. The third kappa shape index (κ3) is 4.71. The fraction of sp³-hybridized carbons (Fsp3) is 0.500. The van der Waals surface area contributed by atoms with E-state index in [2.05, 4.69) is 15.4 Å². The Balaban J connectivity index is 1.91.